The summed E-state index contributed by atoms with van der Waals surface area (Å²) in [7, 11) is 0. The zero-order valence-electron chi connectivity index (χ0n) is 19.2. The van der Waals surface area contributed by atoms with Crippen molar-refractivity contribution in [3.63, 3.8) is 0 Å². The topological polar surface area (TPSA) is 118 Å². The van der Waals surface area contributed by atoms with Gasteiger partial charge < -0.3 is 20.4 Å². The number of benzene rings is 2. The Kier molecular flexibility index (Phi) is 6.14. The molecule has 0 fully saturated rings. The maximum Gasteiger partial charge on any atom is 0.573 e. The van der Waals surface area contributed by atoms with E-state index in [2.05, 4.69) is 40.3 Å². The standard InChI is InChI=1S/C25H18F3N7O2/c1-14-5-6-16(24(36)32-17-3-2-4-18(12-17)37-25(26,27)28)11-19(14)33-23-20-22(31-13-30-20)34-21(35-23)15-7-9-29-10-8-15/h2-13H,1H3,(H,32,36)(H2,30,31,33,34,35). The van der Waals surface area contributed by atoms with Gasteiger partial charge in [0.2, 0.25) is 0 Å². The number of amides is 1. The summed E-state index contributed by atoms with van der Waals surface area (Å²) in [5, 5.41) is 5.82. The molecule has 3 N–H and O–H groups in total. The Morgan fingerprint density at radius 3 is 2.62 bits per heavy atom. The average Bonchev–Trinajstić information content (AvgIpc) is 3.34. The molecular weight excluding hydrogens is 487 g/mol. The van der Waals surface area contributed by atoms with Crippen LogP contribution in [0.25, 0.3) is 22.6 Å². The van der Waals surface area contributed by atoms with Gasteiger partial charge in [-0.3, -0.25) is 9.78 Å². The first kappa shape index (κ1) is 23.7. The van der Waals surface area contributed by atoms with E-state index in [4.69, 9.17) is 0 Å². The number of H-pyrrole nitrogens is 1. The van der Waals surface area contributed by atoms with Crippen LogP contribution in [-0.4, -0.2) is 37.2 Å². The van der Waals surface area contributed by atoms with Crippen molar-refractivity contribution in [1.29, 1.82) is 0 Å². The normalized spacial score (nSPS) is 11.4. The van der Waals surface area contributed by atoms with Gasteiger partial charge in [0.25, 0.3) is 5.91 Å². The fourth-order valence-electron chi connectivity index (χ4n) is 3.55. The number of anilines is 3. The van der Waals surface area contributed by atoms with E-state index in [0.29, 0.717) is 28.5 Å². The SMILES string of the molecule is Cc1ccc(C(=O)Nc2cccc(OC(F)(F)F)c2)cc1Nc1nc(-c2ccncc2)nc2[nH]cnc12. The first-order valence-electron chi connectivity index (χ1n) is 10.9. The number of nitrogens with one attached hydrogen (secondary N) is 3. The Bertz CT molecular complexity index is 1590. The van der Waals surface area contributed by atoms with E-state index in [1.165, 1.54) is 18.5 Å². The van der Waals surface area contributed by atoms with Gasteiger partial charge in [-0.1, -0.05) is 12.1 Å². The largest absolute Gasteiger partial charge is 0.573 e. The minimum absolute atomic E-state index is 0.151. The zero-order valence-corrected chi connectivity index (χ0v) is 19.2. The molecule has 0 saturated heterocycles. The van der Waals surface area contributed by atoms with E-state index >= 15 is 0 Å². The number of pyridine rings is 1. The molecule has 1 amide bonds. The fourth-order valence-corrected chi connectivity index (χ4v) is 3.55. The summed E-state index contributed by atoms with van der Waals surface area (Å²) in [4.78, 5) is 33.3. The highest BCUT2D eigenvalue weighted by atomic mass is 19.4. The number of carbonyl (C=O) groups excluding carboxylic acids is 1. The highest BCUT2D eigenvalue weighted by molar-refractivity contribution is 6.05. The van der Waals surface area contributed by atoms with Crippen LogP contribution in [0.15, 0.2) is 73.3 Å². The molecule has 0 aliphatic heterocycles. The maximum atomic E-state index is 12.9. The van der Waals surface area contributed by atoms with E-state index in [-0.39, 0.29) is 11.3 Å². The van der Waals surface area contributed by atoms with Crippen molar-refractivity contribution in [2.45, 2.75) is 13.3 Å². The Morgan fingerprint density at radius 1 is 1.03 bits per heavy atom. The van der Waals surface area contributed by atoms with Crippen LogP contribution in [0, 0.1) is 6.92 Å². The lowest BCUT2D eigenvalue weighted by Gasteiger charge is -2.13. The number of nitrogens with zero attached hydrogens (tertiary/aromatic N) is 4. The molecular formula is C25H18F3N7O2. The third-order valence-corrected chi connectivity index (χ3v) is 5.30. The molecule has 3 aromatic heterocycles. The number of aryl methyl sites for hydroxylation is 1. The molecule has 0 saturated carbocycles. The lowest BCUT2D eigenvalue weighted by Crippen LogP contribution is -2.17. The summed E-state index contributed by atoms with van der Waals surface area (Å²) in [6, 6.07) is 13.6. The summed E-state index contributed by atoms with van der Waals surface area (Å²) < 4.78 is 41.5. The first-order valence-corrected chi connectivity index (χ1v) is 10.9. The van der Waals surface area contributed by atoms with Gasteiger partial charge in [0, 0.05) is 41.0 Å². The molecule has 3 heterocycles. The molecule has 5 rings (SSSR count). The number of imidazole rings is 1. The number of hydrogen-bond acceptors (Lipinski definition) is 7. The van der Waals surface area contributed by atoms with Crippen molar-refractivity contribution in [3.8, 4) is 17.1 Å². The highest BCUT2D eigenvalue weighted by Crippen LogP contribution is 2.28. The van der Waals surface area contributed by atoms with Crippen LogP contribution in [0.1, 0.15) is 15.9 Å². The third-order valence-electron chi connectivity index (χ3n) is 5.30. The molecule has 0 radical (unpaired) electrons. The lowest BCUT2D eigenvalue weighted by molar-refractivity contribution is -0.274. The number of aromatic amines is 1. The van der Waals surface area contributed by atoms with E-state index in [1.54, 1.807) is 42.7 Å². The van der Waals surface area contributed by atoms with Crippen LogP contribution in [0.2, 0.25) is 0 Å². The molecule has 0 aliphatic carbocycles. The second-order valence-electron chi connectivity index (χ2n) is 7.92. The molecule has 0 bridgehead atoms. The van der Waals surface area contributed by atoms with Crippen molar-refractivity contribution >= 4 is 34.3 Å². The summed E-state index contributed by atoms with van der Waals surface area (Å²) in [5.74, 6) is -0.0736. The average molecular weight is 505 g/mol. The minimum atomic E-state index is -4.84. The molecule has 37 heavy (non-hydrogen) atoms. The van der Waals surface area contributed by atoms with Gasteiger partial charge in [-0.15, -0.1) is 13.2 Å². The number of rotatable bonds is 6. The van der Waals surface area contributed by atoms with Gasteiger partial charge in [-0.25, -0.2) is 15.0 Å². The van der Waals surface area contributed by atoms with Crippen molar-refractivity contribution in [2.24, 2.45) is 0 Å². The predicted octanol–water partition coefficient (Wildman–Crippen LogP) is 5.62. The highest BCUT2D eigenvalue weighted by Gasteiger charge is 2.31. The molecule has 0 unspecified atom stereocenters. The molecule has 2 aromatic carbocycles. The van der Waals surface area contributed by atoms with E-state index in [9.17, 15) is 18.0 Å². The van der Waals surface area contributed by atoms with Crippen LogP contribution in [0.3, 0.4) is 0 Å². The van der Waals surface area contributed by atoms with E-state index < -0.39 is 18.0 Å². The number of alkyl halides is 3. The second kappa shape index (κ2) is 9.57. The van der Waals surface area contributed by atoms with Crippen molar-refractivity contribution in [2.75, 3.05) is 10.6 Å². The smallest absolute Gasteiger partial charge is 0.406 e. The number of hydrogen-bond donors (Lipinski definition) is 3. The first-order chi connectivity index (χ1) is 17.7. The van der Waals surface area contributed by atoms with Crippen molar-refractivity contribution in [1.82, 2.24) is 24.9 Å². The summed E-state index contributed by atoms with van der Waals surface area (Å²) in [5.41, 5.74) is 3.63. The number of carbonyl (C=O) groups is 1. The summed E-state index contributed by atoms with van der Waals surface area (Å²) in [6.07, 6.45) is -0.0490. The molecule has 12 heteroatoms. The summed E-state index contributed by atoms with van der Waals surface area (Å²) >= 11 is 0. The van der Waals surface area contributed by atoms with Crippen molar-refractivity contribution < 1.29 is 22.7 Å². The summed E-state index contributed by atoms with van der Waals surface area (Å²) in [6.45, 7) is 1.86. The van der Waals surface area contributed by atoms with Crippen LogP contribution in [0.5, 0.6) is 5.75 Å². The van der Waals surface area contributed by atoms with Gasteiger partial charge in [0.05, 0.1) is 6.33 Å². The molecule has 0 aliphatic rings. The number of fused-ring (bicyclic) bond motifs is 1. The van der Waals surface area contributed by atoms with Crippen LogP contribution >= 0.6 is 0 Å². The lowest BCUT2D eigenvalue weighted by atomic mass is 10.1. The molecule has 9 nitrogen and oxygen atoms in total. The van der Waals surface area contributed by atoms with Crippen LogP contribution in [-0.2, 0) is 0 Å². The second-order valence-corrected chi connectivity index (χ2v) is 7.92. The van der Waals surface area contributed by atoms with Gasteiger partial charge in [0.15, 0.2) is 22.8 Å². The predicted molar refractivity (Wildman–Crippen MR) is 130 cm³/mol. The Balaban J connectivity index is 1.42. The maximum absolute atomic E-state index is 12.9. The number of halogens is 3. The Hall–Kier alpha value is -5.00. The van der Waals surface area contributed by atoms with Crippen LogP contribution < -0.4 is 15.4 Å². The van der Waals surface area contributed by atoms with Gasteiger partial charge in [0.1, 0.15) is 5.75 Å². The molecule has 186 valence electrons. The van der Waals surface area contributed by atoms with Crippen molar-refractivity contribution in [3.05, 3.63) is 84.4 Å². The number of ether oxygens (including phenoxy) is 1. The van der Waals surface area contributed by atoms with E-state index in [0.717, 1.165) is 23.3 Å². The molecule has 0 spiro atoms. The zero-order chi connectivity index (χ0) is 26.0. The van der Waals surface area contributed by atoms with Gasteiger partial charge in [-0.05, 0) is 48.9 Å². The van der Waals surface area contributed by atoms with Gasteiger partial charge in [-0.2, -0.15) is 0 Å². The number of aromatic nitrogens is 5. The van der Waals surface area contributed by atoms with Gasteiger partial charge >= 0.3 is 6.36 Å². The quantitative estimate of drug-likeness (QED) is 0.274. The monoisotopic (exact) mass is 505 g/mol. The van der Waals surface area contributed by atoms with Crippen LogP contribution in [0.4, 0.5) is 30.4 Å². The molecule has 0 atom stereocenters. The Morgan fingerprint density at radius 2 is 1.84 bits per heavy atom. The van der Waals surface area contributed by atoms with E-state index in [1.807, 2.05) is 6.92 Å². The minimum Gasteiger partial charge on any atom is -0.406 e. The molecule has 5 aromatic rings. The third kappa shape index (κ3) is 5.48. The fraction of sp³-hybridized carbons (Fsp3) is 0.0800. The Labute approximate surface area is 207 Å².